The lowest BCUT2D eigenvalue weighted by Gasteiger charge is -2.25. The molecule has 9 heavy (non-hydrogen) atoms. The molecule has 3 rings (SSSR count). The van der Waals surface area contributed by atoms with Crippen molar-refractivity contribution in [3.63, 3.8) is 0 Å². The van der Waals surface area contributed by atoms with Crippen molar-refractivity contribution >= 4 is 0 Å². The molecule has 50 valence electrons. The molecule has 1 aliphatic carbocycles. The summed E-state index contributed by atoms with van der Waals surface area (Å²) >= 11 is 0. The molecule has 1 heteroatoms. The number of nitrogens with zero attached hydrogens (tertiary/aromatic N) is 1. The van der Waals surface area contributed by atoms with E-state index in [4.69, 9.17) is 0 Å². The maximum atomic E-state index is 2.71. The fourth-order valence-electron chi connectivity index (χ4n) is 2.82. The Kier molecular flexibility index (Phi) is 0.704. The fourth-order valence-corrected chi connectivity index (χ4v) is 2.82. The lowest BCUT2D eigenvalue weighted by Crippen LogP contribution is -2.30. The normalized spacial score (nSPS) is 61.3. The molecule has 0 radical (unpaired) electrons. The standard InChI is InChI=1S/C8H13N/c1-2-6-5-9(3-1)8-4-7(6)8/h6-8H,1-5H2. The van der Waals surface area contributed by atoms with E-state index in [2.05, 4.69) is 4.90 Å². The molecule has 0 aromatic heterocycles. The first-order valence-electron chi connectivity index (χ1n) is 4.19. The Bertz CT molecular complexity index is 130. The van der Waals surface area contributed by atoms with Crippen molar-refractivity contribution in [1.29, 1.82) is 0 Å². The SMILES string of the molecule is C1CC2CN(C1)C1CC21. The van der Waals surface area contributed by atoms with Gasteiger partial charge in [-0.15, -0.1) is 0 Å². The average Bonchev–Trinajstić information content (AvgIpc) is 2.62. The van der Waals surface area contributed by atoms with Crippen molar-refractivity contribution < 1.29 is 0 Å². The van der Waals surface area contributed by atoms with Crippen LogP contribution in [0.2, 0.25) is 0 Å². The van der Waals surface area contributed by atoms with Gasteiger partial charge in [0.15, 0.2) is 0 Å². The number of hydrogen-bond donors (Lipinski definition) is 0. The van der Waals surface area contributed by atoms with E-state index in [9.17, 15) is 0 Å². The van der Waals surface area contributed by atoms with Crippen LogP contribution >= 0.6 is 0 Å². The summed E-state index contributed by atoms with van der Waals surface area (Å²) in [6, 6.07) is 1.07. The molecule has 0 aromatic rings. The highest BCUT2D eigenvalue weighted by Crippen LogP contribution is 2.51. The maximum Gasteiger partial charge on any atom is 0.0131 e. The third-order valence-electron chi connectivity index (χ3n) is 3.37. The molecule has 2 aliphatic heterocycles. The lowest BCUT2D eigenvalue weighted by atomic mass is 9.97. The van der Waals surface area contributed by atoms with Crippen molar-refractivity contribution in [1.82, 2.24) is 4.90 Å². The van der Waals surface area contributed by atoms with Crippen LogP contribution in [-0.2, 0) is 0 Å². The Balaban J connectivity index is 1.92. The monoisotopic (exact) mass is 123 g/mol. The maximum absolute atomic E-state index is 2.71. The van der Waals surface area contributed by atoms with Crippen LogP contribution in [0.5, 0.6) is 0 Å². The minimum absolute atomic E-state index is 1.07. The van der Waals surface area contributed by atoms with Gasteiger partial charge in [0.05, 0.1) is 0 Å². The molecule has 0 N–H and O–H groups in total. The molecule has 2 heterocycles. The van der Waals surface area contributed by atoms with Crippen LogP contribution < -0.4 is 0 Å². The van der Waals surface area contributed by atoms with E-state index in [-0.39, 0.29) is 0 Å². The smallest absolute Gasteiger partial charge is 0.0131 e. The van der Waals surface area contributed by atoms with Crippen molar-refractivity contribution in [2.24, 2.45) is 11.8 Å². The zero-order chi connectivity index (χ0) is 5.84. The third-order valence-corrected chi connectivity index (χ3v) is 3.37. The van der Waals surface area contributed by atoms with Crippen LogP contribution in [0.3, 0.4) is 0 Å². The molecular formula is C8H13N. The van der Waals surface area contributed by atoms with Crippen LogP contribution in [0.1, 0.15) is 19.3 Å². The molecule has 4 unspecified atom stereocenters. The van der Waals surface area contributed by atoms with Gasteiger partial charge in [-0.3, -0.25) is 4.90 Å². The third kappa shape index (κ3) is 0.493. The number of piperidine rings is 2. The van der Waals surface area contributed by atoms with Gasteiger partial charge in [0.25, 0.3) is 0 Å². The topological polar surface area (TPSA) is 3.24 Å². The Morgan fingerprint density at radius 2 is 2.33 bits per heavy atom. The predicted molar refractivity (Wildman–Crippen MR) is 36.2 cm³/mol. The van der Waals surface area contributed by atoms with Gasteiger partial charge in [0.2, 0.25) is 0 Å². The summed E-state index contributed by atoms with van der Waals surface area (Å²) in [5.41, 5.74) is 0. The first-order chi connectivity index (χ1) is 4.45. The van der Waals surface area contributed by atoms with Gasteiger partial charge < -0.3 is 0 Å². The van der Waals surface area contributed by atoms with Crippen molar-refractivity contribution in [3.8, 4) is 0 Å². The average molecular weight is 123 g/mol. The highest BCUT2D eigenvalue weighted by molar-refractivity contribution is 5.07. The van der Waals surface area contributed by atoms with E-state index in [1.807, 2.05) is 0 Å². The largest absolute Gasteiger partial charge is 0.300 e. The molecule has 2 saturated heterocycles. The quantitative estimate of drug-likeness (QED) is 0.466. The van der Waals surface area contributed by atoms with E-state index in [0.717, 1.165) is 17.9 Å². The van der Waals surface area contributed by atoms with Gasteiger partial charge in [-0.2, -0.15) is 0 Å². The molecular weight excluding hydrogens is 110 g/mol. The van der Waals surface area contributed by atoms with E-state index in [0.29, 0.717) is 0 Å². The lowest BCUT2D eigenvalue weighted by molar-refractivity contribution is 0.222. The molecule has 0 aromatic carbocycles. The van der Waals surface area contributed by atoms with Crippen LogP contribution in [0, 0.1) is 11.8 Å². The van der Waals surface area contributed by atoms with Gasteiger partial charge in [-0.05, 0) is 37.6 Å². The van der Waals surface area contributed by atoms with Gasteiger partial charge >= 0.3 is 0 Å². The highest BCUT2D eigenvalue weighted by Gasteiger charge is 2.53. The van der Waals surface area contributed by atoms with Gasteiger partial charge in [-0.1, -0.05) is 0 Å². The van der Waals surface area contributed by atoms with Crippen molar-refractivity contribution in [3.05, 3.63) is 0 Å². The molecule has 1 saturated carbocycles. The minimum atomic E-state index is 1.07. The summed E-state index contributed by atoms with van der Waals surface area (Å²) in [6.45, 7) is 2.87. The summed E-state index contributed by atoms with van der Waals surface area (Å²) < 4.78 is 0. The number of fused-ring (bicyclic) bond motifs is 5. The van der Waals surface area contributed by atoms with Crippen molar-refractivity contribution in [2.75, 3.05) is 13.1 Å². The van der Waals surface area contributed by atoms with E-state index in [1.54, 1.807) is 6.42 Å². The van der Waals surface area contributed by atoms with Crippen LogP contribution in [0.25, 0.3) is 0 Å². The molecule has 3 fully saturated rings. The molecule has 4 atom stereocenters. The summed E-state index contributed by atoms with van der Waals surface area (Å²) in [4.78, 5) is 2.71. The highest BCUT2D eigenvalue weighted by atomic mass is 15.2. The fraction of sp³-hybridized carbons (Fsp3) is 1.00. The van der Waals surface area contributed by atoms with Crippen LogP contribution in [0.4, 0.5) is 0 Å². The Morgan fingerprint density at radius 1 is 1.33 bits per heavy atom. The zero-order valence-corrected chi connectivity index (χ0v) is 5.71. The summed E-state index contributed by atoms with van der Waals surface area (Å²) in [7, 11) is 0. The summed E-state index contributed by atoms with van der Waals surface area (Å²) in [5.74, 6) is 2.29. The van der Waals surface area contributed by atoms with Gasteiger partial charge in [0, 0.05) is 12.6 Å². The Morgan fingerprint density at radius 3 is 3.11 bits per heavy atom. The molecule has 1 nitrogen and oxygen atoms in total. The Labute approximate surface area is 56.0 Å². The molecule has 0 amide bonds. The van der Waals surface area contributed by atoms with Gasteiger partial charge in [-0.25, -0.2) is 0 Å². The van der Waals surface area contributed by atoms with Crippen LogP contribution in [0.15, 0.2) is 0 Å². The molecule has 3 aliphatic rings. The second-order valence-electron chi connectivity index (χ2n) is 3.86. The van der Waals surface area contributed by atoms with E-state index >= 15 is 0 Å². The van der Waals surface area contributed by atoms with E-state index in [1.165, 1.54) is 25.9 Å². The minimum Gasteiger partial charge on any atom is -0.300 e. The summed E-state index contributed by atoms with van der Waals surface area (Å²) in [5, 5.41) is 0. The molecule has 0 spiro atoms. The number of hydrogen-bond acceptors (Lipinski definition) is 1. The van der Waals surface area contributed by atoms with Crippen molar-refractivity contribution in [2.45, 2.75) is 25.3 Å². The zero-order valence-electron chi connectivity index (χ0n) is 5.71. The van der Waals surface area contributed by atoms with Crippen LogP contribution in [-0.4, -0.2) is 24.0 Å². The van der Waals surface area contributed by atoms with Gasteiger partial charge in [0.1, 0.15) is 0 Å². The second-order valence-corrected chi connectivity index (χ2v) is 3.86. The first kappa shape index (κ1) is 4.73. The molecule has 2 bridgehead atoms. The second kappa shape index (κ2) is 1.34. The Hall–Kier alpha value is -0.0400. The first-order valence-corrected chi connectivity index (χ1v) is 4.19. The summed E-state index contributed by atoms with van der Waals surface area (Å²) in [6.07, 6.45) is 4.57. The van der Waals surface area contributed by atoms with E-state index < -0.39 is 0 Å². The predicted octanol–water partition coefficient (Wildman–Crippen LogP) is 1.10. The number of rotatable bonds is 0.